The van der Waals surface area contributed by atoms with E-state index in [2.05, 4.69) is 12.2 Å². The van der Waals surface area contributed by atoms with Gasteiger partial charge in [0.2, 0.25) is 0 Å². The Balaban J connectivity index is 2.24. The highest BCUT2D eigenvalue weighted by Gasteiger charge is 2.34. The second kappa shape index (κ2) is 5.61. The van der Waals surface area contributed by atoms with Gasteiger partial charge in [0.25, 0.3) is 0 Å². The second-order valence-corrected chi connectivity index (χ2v) is 5.64. The van der Waals surface area contributed by atoms with E-state index in [1.807, 2.05) is 0 Å². The molecule has 5 heteroatoms. The van der Waals surface area contributed by atoms with Gasteiger partial charge in [-0.1, -0.05) is 31.4 Å². The molecule has 0 saturated heterocycles. The Morgan fingerprint density at radius 3 is 2.53 bits per heavy atom. The molecule has 1 nitrogen and oxygen atoms in total. The lowest BCUT2D eigenvalue weighted by atomic mass is 9.85. The van der Waals surface area contributed by atoms with Crippen LogP contribution in [0.2, 0.25) is 5.02 Å². The van der Waals surface area contributed by atoms with Crippen LogP contribution in [-0.2, 0) is 6.18 Å². The molecule has 0 spiro atoms. The zero-order valence-electron chi connectivity index (χ0n) is 10.7. The van der Waals surface area contributed by atoms with Gasteiger partial charge < -0.3 is 5.32 Å². The lowest BCUT2D eigenvalue weighted by Crippen LogP contribution is -2.31. The number of nitrogens with one attached hydrogen (secondary N) is 1. The number of alkyl halides is 3. The number of halogens is 4. The summed E-state index contributed by atoms with van der Waals surface area (Å²) in [5.74, 6) is 0.394. The fraction of sp³-hybridized carbons (Fsp3) is 0.571. The summed E-state index contributed by atoms with van der Waals surface area (Å²) in [5, 5.41) is 3.16. The molecule has 0 bridgehead atoms. The first kappa shape index (κ1) is 14.5. The highest BCUT2D eigenvalue weighted by atomic mass is 35.5. The molecule has 2 unspecified atom stereocenters. The van der Waals surface area contributed by atoms with Crippen LogP contribution in [0.5, 0.6) is 0 Å². The number of hydrogen-bond donors (Lipinski definition) is 1. The summed E-state index contributed by atoms with van der Waals surface area (Å²) < 4.78 is 38.9. The first-order valence-electron chi connectivity index (χ1n) is 6.51. The van der Waals surface area contributed by atoms with E-state index in [9.17, 15) is 13.2 Å². The predicted molar refractivity (Wildman–Crippen MR) is 71.5 cm³/mol. The molecule has 106 valence electrons. The predicted octanol–water partition coefficient (Wildman–Crippen LogP) is 5.35. The second-order valence-electron chi connectivity index (χ2n) is 5.20. The summed E-state index contributed by atoms with van der Waals surface area (Å²) in [6, 6.07) is 4.01. The Kier molecular flexibility index (Phi) is 4.29. The van der Waals surface area contributed by atoms with Crippen LogP contribution in [0, 0.1) is 5.92 Å². The molecule has 2 rings (SSSR count). The molecule has 19 heavy (non-hydrogen) atoms. The van der Waals surface area contributed by atoms with Gasteiger partial charge in [0.15, 0.2) is 0 Å². The van der Waals surface area contributed by atoms with E-state index in [0.717, 1.165) is 31.7 Å². The van der Waals surface area contributed by atoms with Gasteiger partial charge in [-0.3, -0.25) is 0 Å². The van der Waals surface area contributed by atoms with Crippen molar-refractivity contribution in [3.05, 3.63) is 28.8 Å². The molecule has 2 atom stereocenters. The quantitative estimate of drug-likeness (QED) is 0.774. The van der Waals surface area contributed by atoms with E-state index >= 15 is 0 Å². The minimum Gasteiger partial charge on any atom is -0.382 e. The largest absolute Gasteiger partial charge is 0.418 e. The topological polar surface area (TPSA) is 12.0 Å². The van der Waals surface area contributed by atoms with Gasteiger partial charge in [-0.05, 0) is 37.0 Å². The van der Waals surface area contributed by atoms with Crippen LogP contribution >= 0.6 is 11.6 Å². The van der Waals surface area contributed by atoms with Crippen LogP contribution in [0.3, 0.4) is 0 Å². The van der Waals surface area contributed by atoms with Gasteiger partial charge >= 0.3 is 6.18 Å². The maximum absolute atomic E-state index is 13.0. The van der Waals surface area contributed by atoms with Crippen molar-refractivity contribution in [3.8, 4) is 0 Å². The molecule has 0 heterocycles. The van der Waals surface area contributed by atoms with E-state index in [-0.39, 0.29) is 16.8 Å². The number of rotatable bonds is 2. The summed E-state index contributed by atoms with van der Waals surface area (Å²) in [6.45, 7) is 2.08. The molecule has 1 aromatic carbocycles. The maximum Gasteiger partial charge on any atom is 0.418 e. The van der Waals surface area contributed by atoms with E-state index in [1.54, 1.807) is 0 Å². The lowest BCUT2D eigenvalue weighted by molar-refractivity contribution is -0.137. The molecule has 1 aromatic rings. The van der Waals surface area contributed by atoms with Crippen LogP contribution in [-0.4, -0.2) is 6.04 Å². The number of benzene rings is 1. The van der Waals surface area contributed by atoms with Crippen LogP contribution in [0.15, 0.2) is 18.2 Å². The molecule has 0 radical (unpaired) electrons. The Labute approximate surface area is 116 Å². The molecular formula is C14H17ClF3N. The van der Waals surface area contributed by atoms with Crippen molar-refractivity contribution < 1.29 is 13.2 Å². The minimum absolute atomic E-state index is 0.106. The summed E-state index contributed by atoms with van der Waals surface area (Å²) in [4.78, 5) is 0. The third kappa shape index (κ3) is 3.56. The fourth-order valence-electron chi connectivity index (χ4n) is 2.61. The molecule has 1 N–H and O–H groups in total. The maximum atomic E-state index is 13.0. The first-order chi connectivity index (χ1) is 8.88. The zero-order chi connectivity index (χ0) is 14.0. The molecular weight excluding hydrogens is 275 g/mol. The minimum atomic E-state index is -4.38. The molecule has 0 amide bonds. The fourth-order valence-corrected chi connectivity index (χ4v) is 2.78. The average Bonchev–Trinajstić information content (AvgIpc) is 2.33. The van der Waals surface area contributed by atoms with Gasteiger partial charge in [0, 0.05) is 16.8 Å². The van der Waals surface area contributed by atoms with Crippen LogP contribution < -0.4 is 5.32 Å². The van der Waals surface area contributed by atoms with E-state index < -0.39 is 11.7 Å². The Hall–Kier alpha value is -0.900. The van der Waals surface area contributed by atoms with Crippen LogP contribution in [0.1, 0.15) is 38.2 Å². The first-order valence-corrected chi connectivity index (χ1v) is 6.89. The third-order valence-electron chi connectivity index (χ3n) is 3.74. The van der Waals surface area contributed by atoms with Crippen molar-refractivity contribution in [2.45, 2.75) is 44.8 Å². The average molecular weight is 292 g/mol. The van der Waals surface area contributed by atoms with E-state index in [1.165, 1.54) is 12.1 Å². The van der Waals surface area contributed by atoms with Gasteiger partial charge in [-0.25, -0.2) is 0 Å². The summed E-state index contributed by atoms with van der Waals surface area (Å²) >= 11 is 5.67. The highest BCUT2D eigenvalue weighted by Crippen LogP contribution is 2.38. The molecule has 1 aliphatic carbocycles. The Bertz CT molecular complexity index is 445. The number of hydrogen-bond acceptors (Lipinski definition) is 1. The van der Waals surface area contributed by atoms with Gasteiger partial charge in [0.05, 0.1) is 5.56 Å². The molecule has 1 aliphatic rings. The Morgan fingerprint density at radius 2 is 1.89 bits per heavy atom. The van der Waals surface area contributed by atoms with E-state index in [0.29, 0.717) is 5.92 Å². The smallest absolute Gasteiger partial charge is 0.382 e. The van der Waals surface area contributed by atoms with Crippen molar-refractivity contribution in [1.29, 1.82) is 0 Å². The number of anilines is 1. The molecule has 1 fully saturated rings. The monoisotopic (exact) mass is 291 g/mol. The molecule has 1 saturated carbocycles. The van der Waals surface area contributed by atoms with Crippen molar-refractivity contribution >= 4 is 17.3 Å². The summed E-state index contributed by atoms with van der Waals surface area (Å²) in [6.07, 6.45) is -0.179. The summed E-state index contributed by atoms with van der Waals surface area (Å²) in [5.41, 5.74) is -0.548. The molecule has 0 aliphatic heterocycles. The Morgan fingerprint density at radius 1 is 1.21 bits per heavy atom. The highest BCUT2D eigenvalue weighted by molar-refractivity contribution is 6.30. The van der Waals surface area contributed by atoms with Crippen molar-refractivity contribution in [3.63, 3.8) is 0 Å². The van der Waals surface area contributed by atoms with Crippen LogP contribution in [0.25, 0.3) is 0 Å². The SMILES string of the molecule is CC1CCCCC1Nc1ccc(Cl)cc1C(F)(F)F. The van der Waals surface area contributed by atoms with Gasteiger partial charge in [-0.15, -0.1) is 0 Å². The zero-order valence-corrected chi connectivity index (χ0v) is 11.5. The van der Waals surface area contributed by atoms with Crippen molar-refractivity contribution in [1.82, 2.24) is 0 Å². The van der Waals surface area contributed by atoms with Crippen molar-refractivity contribution in [2.24, 2.45) is 5.92 Å². The summed E-state index contributed by atoms with van der Waals surface area (Å²) in [7, 11) is 0. The van der Waals surface area contributed by atoms with Gasteiger partial charge in [0.1, 0.15) is 0 Å². The standard InChI is InChI=1S/C14H17ClF3N/c1-9-4-2-3-5-12(9)19-13-7-6-10(15)8-11(13)14(16,17)18/h6-9,12,19H,2-5H2,1H3. The van der Waals surface area contributed by atoms with E-state index in [4.69, 9.17) is 11.6 Å². The van der Waals surface area contributed by atoms with Crippen molar-refractivity contribution in [2.75, 3.05) is 5.32 Å². The lowest BCUT2D eigenvalue weighted by Gasteiger charge is -2.31. The van der Waals surface area contributed by atoms with Crippen LogP contribution in [0.4, 0.5) is 18.9 Å². The van der Waals surface area contributed by atoms with Gasteiger partial charge in [-0.2, -0.15) is 13.2 Å². The molecule has 0 aromatic heterocycles. The normalized spacial score (nSPS) is 24.3. The third-order valence-corrected chi connectivity index (χ3v) is 3.97.